The molecule has 1 aliphatic carbocycles. The standard InChI is InChI=1S/C19H21NO3/c1-9-4-12(5-10(2)11(9)3)15-7-13-6-14(20)8-16(21)17(13)19(23)18(15)22/h4-6,8,15,18,21-22H,7,20H2,1-3H3/t15-,18-/m1/s1. The van der Waals surface area contributed by atoms with Crippen molar-refractivity contribution in [2.45, 2.75) is 39.2 Å². The van der Waals surface area contributed by atoms with E-state index in [0.717, 1.165) is 16.7 Å². The second-order valence-corrected chi connectivity index (χ2v) is 6.47. The first kappa shape index (κ1) is 15.6. The van der Waals surface area contributed by atoms with Crippen LogP contribution in [0.1, 0.15) is 44.1 Å². The molecule has 0 amide bonds. The van der Waals surface area contributed by atoms with E-state index in [2.05, 4.69) is 6.92 Å². The first-order valence-corrected chi connectivity index (χ1v) is 7.71. The summed E-state index contributed by atoms with van der Waals surface area (Å²) < 4.78 is 0. The molecule has 2 aromatic rings. The Morgan fingerprint density at radius 1 is 1.09 bits per heavy atom. The van der Waals surface area contributed by atoms with Crippen LogP contribution in [0.5, 0.6) is 5.75 Å². The van der Waals surface area contributed by atoms with E-state index >= 15 is 0 Å². The summed E-state index contributed by atoms with van der Waals surface area (Å²) in [6, 6.07) is 7.12. The number of nitrogens with two attached hydrogens (primary N) is 1. The van der Waals surface area contributed by atoms with Gasteiger partial charge in [0.2, 0.25) is 0 Å². The second kappa shape index (κ2) is 5.39. The summed E-state index contributed by atoms with van der Waals surface area (Å²) in [4.78, 5) is 12.5. The quantitative estimate of drug-likeness (QED) is 0.707. The summed E-state index contributed by atoms with van der Waals surface area (Å²) in [5, 5.41) is 20.5. The predicted molar refractivity (Wildman–Crippen MR) is 90.0 cm³/mol. The molecule has 0 spiro atoms. The molecule has 2 atom stereocenters. The largest absolute Gasteiger partial charge is 0.507 e. The SMILES string of the molecule is Cc1cc([C@H]2Cc3cc(N)cc(O)c3C(=O)[C@@H]2O)cc(C)c1C. The van der Waals surface area contributed by atoms with Gasteiger partial charge in [0, 0.05) is 17.7 Å². The van der Waals surface area contributed by atoms with E-state index in [4.69, 9.17) is 5.73 Å². The van der Waals surface area contributed by atoms with Crippen LogP contribution in [0.25, 0.3) is 0 Å². The molecule has 4 N–H and O–H groups in total. The summed E-state index contributed by atoms with van der Waals surface area (Å²) >= 11 is 0. The maximum Gasteiger partial charge on any atom is 0.195 e. The van der Waals surface area contributed by atoms with Gasteiger partial charge in [-0.25, -0.2) is 0 Å². The molecule has 0 saturated heterocycles. The molecule has 0 saturated carbocycles. The number of nitrogen functional groups attached to an aromatic ring is 1. The Bertz CT molecular complexity index is 787. The van der Waals surface area contributed by atoms with Crippen molar-refractivity contribution >= 4 is 11.5 Å². The summed E-state index contributed by atoms with van der Waals surface area (Å²) in [5.74, 6) is -0.919. The molecular weight excluding hydrogens is 290 g/mol. The molecule has 0 radical (unpaired) electrons. The Balaban J connectivity index is 2.11. The average Bonchev–Trinajstić information content (AvgIpc) is 2.47. The molecule has 0 heterocycles. The van der Waals surface area contributed by atoms with Crippen LogP contribution in [0.3, 0.4) is 0 Å². The van der Waals surface area contributed by atoms with Gasteiger partial charge in [0.25, 0.3) is 0 Å². The van der Waals surface area contributed by atoms with Crippen molar-refractivity contribution in [1.82, 2.24) is 0 Å². The van der Waals surface area contributed by atoms with Crippen LogP contribution in [-0.4, -0.2) is 22.1 Å². The highest BCUT2D eigenvalue weighted by Crippen LogP contribution is 2.38. The van der Waals surface area contributed by atoms with Crippen molar-refractivity contribution < 1.29 is 15.0 Å². The van der Waals surface area contributed by atoms with Crippen molar-refractivity contribution in [3.8, 4) is 5.75 Å². The number of fused-ring (bicyclic) bond motifs is 1. The number of carbonyl (C=O) groups excluding carboxylic acids is 1. The number of hydrogen-bond acceptors (Lipinski definition) is 4. The molecule has 120 valence electrons. The number of aromatic hydroxyl groups is 1. The lowest BCUT2D eigenvalue weighted by Crippen LogP contribution is -2.35. The predicted octanol–water partition coefficient (Wildman–Crippen LogP) is 2.78. The Labute approximate surface area is 135 Å². The van der Waals surface area contributed by atoms with Gasteiger partial charge in [-0.05, 0) is 61.1 Å². The number of ketones is 1. The Morgan fingerprint density at radius 2 is 1.70 bits per heavy atom. The molecule has 23 heavy (non-hydrogen) atoms. The number of phenols is 1. The van der Waals surface area contributed by atoms with Gasteiger partial charge in [-0.3, -0.25) is 4.79 Å². The highest BCUT2D eigenvalue weighted by atomic mass is 16.3. The number of aliphatic hydroxyl groups excluding tert-OH is 1. The number of Topliss-reactive ketones (excluding diaryl/α,β-unsaturated/α-hetero) is 1. The summed E-state index contributed by atoms with van der Waals surface area (Å²) in [6.07, 6.45) is -0.679. The maximum atomic E-state index is 12.5. The molecule has 0 aromatic heterocycles. The zero-order valence-corrected chi connectivity index (χ0v) is 13.6. The molecular formula is C19H21NO3. The molecule has 4 heteroatoms. The van der Waals surface area contributed by atoms with Crippen molar-refractivity contribution in [3.05, 3.63) is 57.6 Å². The minimum atomic E-state index is -1.15. The zero-order valence-electron chi connectivity index (χ0n) is 13.6. The molecule has 2 aromatic carbocycles. The summed E-state index contributed by atoms with van der Waals surface area (Å²) in [6.45, 7) is 6.12. The fourth-order valence-corrected chi connectivity index (χ4v) is 3.42. The smallest absolute Gasteiger partial charge is 0.195 e. The lowest BCUT2D eigenvalue weighted by atomic mass is 9.76. The van der Waals surface area contributed by atoms with Crippen LogP contribution in [0.4, 0.5) is 5.69 Å². The minimum Gasteiger partial charge on any atom is -0.507 e. The van der Waals surface area contributed by atoms with E-state index in [1.54, 1.807) is 6.07 Å². The van der Waals surface area contributed by atoms with Crippen molar-refractivity contribution in [3.63, 3.8) is 0 Å². The van der Waals surface area contributed by atoms with Gasteiger partial charge in [-0.2, -0.15) is 0 Å². The highest BCUT2D eigenvalue weighted by molar-refractivity contribution is 6.05. The van der Waals surface area contributed by atoms with Gasteiger partial charge in [-0.1, -0.05) is 12.1 Å². The van der Waals surface area contributed by atoms with Crippen LogP contribution in [0, 0.1) is 20.8 Å². The van der Waals surface area contributed by atoms with Gasteiger partial charge >= 0.3 is 0 Å². The maximum absolute atomic E-state index is 12.5. The van der Waals surface area contributed by atoms with E-state index in [9.17, 15) is 15.0 Å². The van der Waals surface area contributed by atoms with Crippen LogP contribution < -0.4 is 5.73 Å². The Kier molecular flexibility index (Phi) is 3.65. The third-order valence-corrected chi connectivity index (χ3v) is 4.94. The van der Waals surface area contributed by atoms with Gasteiger partial charge in [-0.15, -0.1) is 0 Å². The highest BCUT2D eigenvalue weighted by Gasteiger charge is 2.37. The summed E-state index contributed by atoms with van der Waals surface area (Å²) in [7, 11) is 0. The topological polar surface area (TPSA) is 83.5 Å². The number of rotatable bonds is 1. The molecule has 4 nitrogen and oxygen atoms in total. The normalized spacial score (nSPS) is 20.4. The number of aryl methyl sites for hydroxylation is 2. The van der Waals surface area contributed by atoms with E-state index < -0.39 is 11.9 Å². The molecule has 0 unspecified atom stereocenters. The second-order valence-electron chi connectivity index (χ2n) is 6.47. The monoisotopic (exact) mass is 311 g/mol. The van der Waals surface area contributed by atoms with E-state index in [1.165, 1.54) is 11.6 Å². The Hall–Kier alpha value is -2.33. The van der Waals surface area contributed by atoms with Crippen molar-refractivity contribution in [1.29, 1.82) is 0 Å². The minimum absolute atomic E-state index is 0.154. The first-order chi connectivity index (χ1) is 10.8. The average molecular weight is 311 g/mol. The van der Waals surface area contributed by atoms with E-state index in [1.807, 2.05) is 26.0 Å². The fourth-order valence-electron chi connectivity index (χ4n) is 3.42. The van der Waals surface area contributed by atoms with Gasteiger partial charge in [0.15, 0.2) is 5.78 Å². The molecule has 0 bridgehead atoms. The molecule has 1 aliphatic rings. The van der Waals surface area contributed by atoms with Crippen molar-refractivity contribution in [2.75, 3.05) is 5.73 Å². The Morgan fingerprint density at radius 3 is 2.30 bits per heavy atom. The van der Waals surface area contributed by atoms with Crippen LogP contribution in [0.2, 0.25) is 0 Å². The lowest BCUT2D eigenvalue weighted by Gasteiger charge is -2.30. The molecule has 0 aliphatic heterocycles. The van der Waals surface area contributed by atoms with Gasteiger partial charge < -0.3 is 15.9 Å². The van der Waals surface area contributed by atoms with Crippen LogP contribution in [0.15, 0.2) is 24.3 Å². The first-order valence-electron chi connectivity index (χ1n) is 7.71. The number of phenolic OH excluding ortho intramolecular Hbond substituents is 1. The van der Waals surface area contributed by atoms with Crippen LogP contribution >= 0.6 is 0 Å². The van der Waals surface area contributed by atoms with Crippen molar-refractivity contribution in [2.24, 2.45) is 0 Å². The molecule has 3 rings (SSSR count). The van der Waals surface area contributed by atoms with E-state index in [0.29, 0.717) is 17.7 Å². The van der Waals surface area contributed by atoms with Gasteiger partial charge in [0.1, 0.15) is 11.9 Å². The third-order valence-electron chi connectivity index (χ3n) is 4.94. The van der Waals surface area contributed by atoms with E-state index in [-0.39, 0.29) is 17.2 Å². The molecule has 0 fully saturated rings. The van der Waals surface area contributed by atoms with Crippen LogP contribution in [-0.2, 0) is 6.42 Å². The van der Waals surface area contributed by atoms with Gasteiger partial charge in [0.05, 0.1) is 5.56 Å². The fraction of sp³-hybridized carbons (Fsp3) is 0.316. The number of carbonyl (C=O) groups is 1. The zero-order chi connectivity index (χ0) is 16.9. The number of hydrogen-bond donors (Lipinski definition) is 3. The number of anilines is 1. The summed E-state index contributed by atoms with van der Waals surface area (Å²) in [5.41, 5.74) is 11.5. The lowest BCUT2D eigenvalue weighted by molar-refractivity contribution is 0.0660. The number of benzene rings is 2. The third kappa shape index (κ3) is 2.49. The number of aliphatic hydroxyl groups is 1.